The van der Waals surface area contributed by atoms with Crippen LogP contribution in [0.5, 0.6) is 5.75 Å². The van der Waals surface area contributed by atoms with Gasteiger partial charge in [0.25, 0.3) is 5.91 Å². The Morgan fingerprint density at radius 2 is 1.71 bits per heavy atom. The number of nitrogens with one attached hydrogen (secondary N) is 1. The van der Waals surface area contributed by atoms with Crippen molar-refractivity contribution in [1.29, 1.82) is 0 Å². The van der Waals surface area contributed by atoms with Crippen molar-refractivity contribution in [2.45, 2.75) is 25.9 Å². The summed E-state index contributed by atoms with van der Waals surface area (Å²) >= 11 is 0. The van der Waals surface area contributed by atoms with E-state index in [2.05, 4.69) is 5.32 Å². The minimum Gasteiger partial charge on any atom is -0.497 e. The molecule has 3 aromatic carbocycles. The second-order valence-corrected chi connectivity index (χ2v) is 8.48. The van der Waals surface area contributed by atoms with Crippen molar-refractivity contribution in [3.63, 3.8) is 0 Å². The molecule has 1 atom stereocenters. The predicted molar refractivity (Wildman–Crippen MR) is 137 cm³/mol. The van der Waals surface area contributed by atoms with E-state index in [1.54, 1.807) is 49.4 Å². The summed E-state index contributed by atoms with van der Waals surface area (Å²) in [6.07, 6.45) is -0.331. The second-order valence-electron chi connectivity index (χ2n) is 8.48. The van der Waals surface area contributed by atoms with E-state index in [4.69, 9.17) is 9.47 Å². The third-order valence-corrected chi connectivity index (χ3v) is 5.95. The van der Waals surface area contributed by atoms with Crippen LogP contribution >= 0.6 is 0 Å². The van der Waals surface area contributed by atoms with Crippen LogP contribution in [0.3, 0.4) is 0 Å². The maximum Gasteiger partial charge on any atom is 0.338 e. The maximum absolute atomic E-state index is 13.5. The number of hydrogen-bond donors (Lipinski definition) is 1. The SMILES string of the molecule is CCOC(=O)c1cccc(NC(=O)C[C@@H]2C(=O)N(c3ccc(OC)cc3)C(=O)N2Cc2ccc(F)cc2)c1. The Kier molecular flexibility index (Phi) is 8.00. The van der Waals surface area contributed by atoms with Crippen LogP contribution in [0.25, 0.3) is 0 Å². The zero-order valence-electron chi connectivity index (χ0n) is 20.8. The Morgan fingerprint density at radius 1 is 1.00 bits per heavy atom. The summed E-state index contributed by atoms with van der Waals surface area (Å²) in [7, 11) is 1.50. The number of hydrogen-bond acceptors (Lipinski definition) is 6. The van der Waals surface area contributed by atoms with E-state index < -0.39 is 35.7 Å². The van der Waals surface area contributed by atoms with E-state index in [9.17, 15) is 23.6 Å². The van der Waals surface area contributed by atoms with E-state index >= 15 is 0 Å². The zero-order valence-corrected chi connectivity index (χ0v) is 20.8. The molecule has 196 valence electrons. The predicted octanol–water partition coefficient (Wildman–Crippen LogP) is 4.38. The van der Waals surface area contributed by atoms with Gasteiger partial charge in [0.15, 0.2) is 0 Å². The molecule has 4 amide bonds. The van der Waals surface area contributed by atoms with E-state index in [0.29, 0.717) is 22.7 Å². The molecule has 0 aromatic heterocycles. The van der Waals surface area contributed by atoms with E-state index in [1.165, 1.54) is 42.3 Å². The van der Waals surface area contributed by atoms with Crippen LogP contribution in [0.1, 0.15) is 29.3 Å². The van der Waals surface area contributed by atoms with Gasteiger partial charge < -0.3 is 19.7 Å². The first-order chi connectivity index (χ1) is 18.3. The lowest BCUT2D eigenvalue weighted by molar-refractivity contribution is -0.124. The van der Waals surface area contributed by atoms with Crippen molar-refractivity contribution >= 4 is 35.2 Å². The summed E-state index contributed by atoms with van der Waals surface area (Å²) in [6.45, 7) is 1.89. The molecule has 3 aromatic rings. The molecular formula is C28H26FN3O6. The number of methoxy groups -OCH3 is 1. The highest BCUT2D eigenvalue weighted by Gasteiger charge is 2.46. The Hall–Kier alpha value is -4.73. The number of ether oxygens (including phenoxy) is 2. The topological polar surface area (TPSA) is 105 Å². The third-order valence-electron chi connectivity index (χ3n) is 5.95. The van der Waals surface area contributed by atoms with Crippen molar-refractivity contribution in [2.75, 3.05) is 23.9 Å². The molecule has 0 radical (unpaired) electrons. The van der Waals surface area contributed by atoms with Crippen molar-refractivity contribution in [1.82, 2.24) is 4.90 Å². The van der Waals surface area contributed by atoms with Gasteiger partial charge in [-0.2, -0.15) is 0 Å². The van der Waals surface area contributed by atoms with Crippen LogP contribution in [0.4, 0.5) is 20.6 Å². The van der Waals surface area contributed by atoms with E-state index in [0.717, 1.165) is 4.90 Å². The summed E-state index contributed by atoms with van der Waals surface area (Å²) in [4.78, 5) is 54.2. The van der Waals surface area contributed by atoms with Crippen LogP contribution < -0.4 is 15.0 Å². The molecule has 1 aliphatic rings. The molecule has 0 aliphatic carbocycles. The molecule has 1 saturated heterocycles. The summed E-state index contributed by atoms with van der Waals surface area (Å²) in [5, 5.41) is 2.68. The number of nitrogens with zero attached hydrogens (tertiary/aromatic N) is 2. The molecule has 0 spiro atoms. The normalized spacial score (nSPS) is 15.0. The Morgan fingerprint density at radius 3 is 2.37 bits per heavy atom. The highest BCUT2D eigenvalue weighted by Crippen LogP contribution is 2.30. The van der Waals surface area contributed by atoms with Crippen LogP contribution in [0.15, 0.2) is 72.8 Å². The van der Waals surface area contributed by atoms with Gasteiger partial charge in [0.1, 0.15) is 17.6 Å². The summed E-state index contributed by atoms with van der Waals surface area (Å²) in [5.41, 5.74) is 1.53. The minimum absolute atomic E-state index is 0.00615. The average molecular weight is 520 g/mol. The van der Waals surface area contributed by atoms with Crippen molar-refractivity contribution in [3.8, 4) is 5.75 Å². The van der Waals surface area contributed by atoms with Gasteiger partial charge in [0.2, 0.25) is 5.91 Å². The van der Waals surface area contributed by atoms with Gasteiger partial charge in [-0.05, 0) is 67.1 Å². The molecule has 4 rings (SSSR count). The number of anilines is 2. The molecule has 0 unspecified atom stereocenters. The molecule has 0 bridgehead atoms. The number of esters is 1. The monoisotopic (exact) mass is 519 g/mol. The number of amides is 4. The van der Waals surface area contributed by atoms with Crippen molar-refractivity contribution in [3.05, 3.63) is 89.7 Å². The third kappa shape index (κ3) is 5.80. The lowest BCUT2D eigenvalue weighted by Crippen LogP contribution is -2.37. The number of imide groups is 1. The van der Waals surface area contributed by atoms with Crippen molar-refractivity contribution < 1.29 is 33.0 Å². The Labute approximate surface area is 218 Å². The first-order valence-corrected chi connectivity index (χ1v) is 11.9. The number of rotatable bonds is 9. The fraction of sp³-hybridized carbons (Fsp3) is 0.214. The quantitative estimate of drug-likeness (QED) is 0.332. The van der Waals surface area contributed by atoms with Gasteiger partial charge in [-0.15, -0.1) is 0 Å². The first-order valence-electron chi connectivity index (χ1n) is 11.9. The fourth-order valence-electron chi connectivity index (χ4n) is 4.10. The molecule has 10 heteroatoms. The minimum atomic E-state index is -1.11. The summed E-state index contributed by atoms with van der Waals surface area (Å²) in [6, 6.07) is 16.5. The van der Waals surface area contributed by atoms with Gasteiger partial charge >= 0.3 is 12.0 Å². The fourth-order valence-corrected chi connectivity index (χ4v) is 4.10. The molecule has 38 heavy (non-hydrogen) atoms. The largest absolute Gasteiger partial charge is 0.497 e. The number of urea groups is 1. The van der Waals surface area contributed by atoms with Crippen LogP contribution in [-0.4, -0.2) is 48.5 Å². The van der Waals surface area contributed by atoms with Crippen LogP contribution in [-0.2, 0) is 20.9 Å². The summed E-state index contributed by atoms with van der Waals surface area (Å²) in [5.74, 6) is -1.51. The number of halogens is 1. The Balaban J connectivity index is 1.57. The smallest absolute Gasteiger partial charge is 0.338 e. The lowest BCUT2D eigenvalue weighted by atomic mass is 10.1. The summed E-state index contributed by atoms with van der Waals surface area (Å²) < 4.78 is 23.6. The second kappa shape index (κ2) is 11.5. The molecule has 9 nitrogen and oxygen atoms in total. The molecule has 1 fully saturated rings. The molecular weight excluding hydrogens is 493 g/mol. The highest BCUT2D eigenvalue weighted by atomic mass is 19.1. The van der Waals surface area contributed by atoms with Gasteiger partial charge in [-0.3, -0.25) is 9.59 Å². The van der Waals surface area contributed by atoms with Gasteiger partial charge in [0, 0.05) is 12.2 Å². The molecule has 0 saturated carbocycles. The van der Waals surface area contributed by atoms with Crippen molar-refractivity contribution in [2.24, 2.45) is 0 Å². The molecule has 1 heterocycles. The molecule has 1 aliphatic heterocycles. The number of benzene rings is 3. The number of carbonyl (C=O) groups excluding carboxylic acids is 4. The zero-order chi connectivity index (χ0) is 27.2. The Bertz CT molecular complexity index is 1340. The van der Waals surface area contributed by atoms with Gasteiger partial charge in [-0.25, -0.2) is 18.9 Å². The molecule has 1 N–H and O–H groups in total. The highest BCUT2D eigenvalue weighted by molar-refractivity contribution is 6.22. The van der Waals surface area contributed by atoms with Gasteiger partial charge in [-0.1, -0.05) is 18.2 Å². The van der Waals surface area contributed by atoms with Crippen LogP contribution in [0, 0.1) is 5.82 Å². The number of carbonyl (C=O) groups is 4. The van der Waals surface area contributed by atoms with Crippen LogP contribution in [0.2, 0.25) is 0 Å². The standard InChI is InChI=1S/C28H26FN3O6/c1-3-38-27(35)19-5-4-6-21(15-19)30-25(33)16-24-26(34)32(22-11-13-23(37-2)14-12-22)28(36)31(24)17-18-7-9-20(29)10-8-18/h4-15,24H,3,16-17H2,1-2H3,(H,30,33)/t24-/m1/s1. The first kappa shape index (κ1) is 26.3. The maximum atomic E-state index is 13.5. The lowest BCUT2D eigenvalue weighted by Gasteiger charge is -2.21. The van der Waals surface area contributed by atoms with E-state index in [1.807, 2.05) is 0 Å². The average Bonchev–Trinajstić information content (AvgIpc) is 3.14. The van der Waals surface area contributed by atoms with E-state index in [-0.39, 0.29) is 25.1 Å². The van der Waals surface area contributed by atoms with Gasteiger partial charge in [0.05, 0.1) is 31.4 Å².